The molecule has 0 radical (unpaired) electrons. The Morgan fingerprint density at radius 3 is 2.25 bits per heavy atom. The Morgan fingerprint density at radius 1 is 1.17 bits per heavy atom. The van der Waals surface area contributed by atoms with Gasteiger partial charge < -0.3 is 15.2 Å². The van der Waals surface area contributed by atoms with Crippen molar-refractivity contribution in [1.29, 1.82) is 0 Å². The lowest BCUT2D eigenvalue weighted by Crippen LogP contribution is -2.35. The monoisotopic (exact) mass is 326 g/mol. The van der Waals surface area contributed by atoms with Crippen LogP contribution < -0.4 is 5.32 Å². The fourth-order valence-electron chi connectivity index (χ4n) is 3.02. The van der Waals surface area contributed by atoms with E-state index in [0.717, 1.165) is 22.3 Å². The van der Waals surface area contributed by atoms with E-state index in [-0.39, 0.29) is 12.3 Å². The van der Waals surface area contributed by atoms with Gasteiger partial charge in [-0.3, -0.25) is 4.79 Å². The molecule has 0 saturated heterocycles. The van der Waals surface area contributed by atoms with Crippen LogP contribution in [0.5, 0.6) is 0 Å². The number of nitrogens with one attached hydrogen (secondary N) is 1. The second-order valence-electron chi connectivity index (χ2n) is 5.84. The molecule has 24 heavy (non-hydrogen) atoms. The summed E-state index contributed by atoms with van der Waals surface area (Å²) in [6.45, 7) is 0.455. The Morgan fingerprint density at radius 2 is 1.71 bits per heavy atom. The van der Waals surface area contributed by atoms with Gasteiger partial charge in [0.15, 0.2) is 0 Å². The average molecular weight is 326 g/mol. The minimum absolute atomic E-state index is 0.202. The summed E-state index contributed by atoms with van der Waals surface area (Å²) < 4.78 is 13.6. The van der Waals surface area contributed by atoms with E-state index in [1.165, 1.54) is 0 Å². The van der Waals surface area contributed by atoms with Crippen molar-refractivity contribution >= 4 is 12.1 Å². The van der Waals surface area contributed by atoms with Crippen LogP contribution in [-0.4, -0.2) is 29.8 Å². The first-order valence-corrected chi connectivity index (χ1v) is 7.76. The van der Waals surface area contributed by atoms with Gasteiger partial charge in [-0.05, 0) is 29.2 Å². The van der Waals surface area contributed by atoms with Gasteiger partial charge in [-0.15, -0.1) is 0 Å². The number of hydrogen-bond acceptors (Lipinski definition) is 3. The van der Waals surface area contributed by atoms with E-state index >= 15 is 0 Å². The summed E-state index contributed by atoms with van der Waals surface area (Å²) in [6.07, 6.45) is -0.983. The summed E-state index contributed by atoms with van der Waals surface area (Å²) in [6, 6.07) is 15.0. The summed E-state index contributed by atoms with van der Waals surface area (Å²) in [7, 11) is 0. The molecule has 5 nitrogen and oxygen atoms in total. The third-order valence-corrected chi connectivity index (χ3v) is 4.04. The summed E-state index contributed by atoms with van der Waals surface area (Å²) in [4.78, 5) is 22.6. The molecule has 2 atom stereocenters. The molecule has 3 rings (SSSR count). The first kappa shape index (κ1) is 14.8. The Bertz CT molecular complexity index is 762. The fourth-order valence-corrected chi connectivity index (χ4v) is 3.02. The molecule has 0 saturated carbocycles. The third-order valence-electron chi connectivity index (χ3n) is 4.04. The van der Waals surface area contributed by atoms with E-state index in [0.29, 0.717) is 0 Å². The van der Waals surface area contributed by atoms with Crippen molar-refractivity contribution in [2.45, 2.75) is 25.3 Å². The van der Waals surface area contributed by atoms with Gasteiger partial charge >= 0.3 is 12.1 Å². The number of ether oxygens (including phenoxy) is 1. The molecule has 0 spiro atoms. The van der Waals surface area contributed by atoms with Crippen molar-refractivity contribution in [3.63, 3.8) is 0 Å². The summed E-state index contributed by atoms with van der Waals surface area (Å²) >= 11 is 0. The number of fused-ring (bicyclic) bond motifs is 3. The van der Waals surface area contributed by atoms with Crippen molar-refractivity contribution < 1.29 is 20.8 Å². The zero-order valence-electron chi connectivity index (χ0n) is 14.2. The Hall–Kier alpha value is -2.82. The van der Waals surface area contributed by atoms with Gasteiger partial charge in [0.2, 0.25) is 0 Å². The van der Waals surface area contributed by atoms with Gasteiger partial charge in [-0.25, -0.2) is 4.79 Å². The van der Waals surface area contributed by atoms with Gasteiger partial charge in [0.1, 0.15) is 6.58 Å². The minimum atomic E-state index is -1.12. The lowest BCUT2D eigenvalue weighted by Gasteiger charge is -2.16. The second kappa shape index (κ2) is 6.74. The number of aliphatic carboxylic acids is 1. The quantitative estimate of drug-likeness (QED) is 0.883. The molecule has 1 aliphatic rings. The minimum Gasteiger partial charge on any atom is -0.481 e. The van der Waals surface area contributed by atoms with Crippen molar-refractivity contribution in [3.8, 4) is 11.1 Å². The van der Waals surface area contributed by atoms with Crippen molar-refractivity contribution in [2.24, 2.45) is 0 Å². The molecule has 1 amide bonds. The lowest BCUT2D eigenvalue weighted by molar-refractivity contribution is -0.137. The maximum absolute atomic E-state index is 12.0. The highest BCUT2D eigenvalue weighted by atomic mass is 16.5. The highest BCUT2D eigenvalue weighted by Gasteiger charge is 2.29. The standard InChI is InChI=1S/C19H19NO4/c1-12(10-18(21)22)20-19(23)24-11-17-15-8-4-2-6-13(15)14-7-3-5-9-16(14)17/h2-9,12,17H,10-11H2,1H3,(H,20,23)(H,21,22)/i11D. The molecule has 1 aliphatic carbocycles. The summed E-state index contributed by atoms with van der Waals surface area (Å²) in [5.74, 6) is -1.37. The molecule has 0 aliphatic heterocycles. The van der Waals surface area contributed by atoms with Crippen LogP contribution in [0.2, 0.25) is 0 Å². The highest BCUT2D eigenvalue weighted by molar-refractivity contribution is 5.79. The predicted molar refractivity (Wildman–Crippen MR) is 89.9 cm³/mol. The molecule has 0 fully saturated rings. The molecular formula is C19H19NO4. The maximum atomic E-state index is 12.0. The van der Waals surface area contributed by atoms with E-state index in [1.54, 1.807) is 6.92 Å². The number of carbonyl (C=O) groups excluding carboxylic acids is 1. The highest BCUT2D eigenvalue weighted by Crippen LogP contribution is 2.44. The normalized spacial score (nSPS) is 15.6. The molecule has 2 aromatic carbocycles. The first-order valence-electron chi connectivity index (χ1n) is 8.34. The molecule has 0 aromatic heterocycles. The second-order valence-corrected chi connectivity index (χ2v) is 5.84. The van der Waals surface area contributed by atoms with E-state index in [4.69, 9.17) is 11.2 Å². The van der Waals surface area contributed by atoms with Crippen molar-refractivity contribution in [1.82, 2.24) is 5.32 Å². The number of benzene rings is 2. The molecule has 124 valence electrons. The number of alkyl carbamates (subject to hydrolysis) is 1. The molecule has 0 heterocycles. The number of carboxylic acid groups (broad SMARTS) is 1. The van der Waals surface area contributed by atoms with Crippen LogP contribution in [0.25, 0.3) is 11.1 Å². The van der Waals surface area contributed by atoms with Gasteiger partial charge in [-0.2, -0.15) is 0 Å². The van der Waals surface area contributed by atoms with E-state index in [9.17, 15) is 9.59 Å². The topological polar surface area (TPSA) is 75.6 Å². The molecule has 2 N–H and O–H groups in total. The fraction of sp³-hybridized carbons (Fsp3) is 0.263. The molecule has 0 bridgehead atoms. The van der Waals surface area contributed by atoms with E-state index < -0.39 is 24.7 Å². The maximum Gasteiger partial charge on any atom is 0.407 e. The summed E-state index contributed by atoms with van der Waals surface area (Å²) in [5, 5.41) is 11.2. The van der Waals surface area contributed by atoms with Gasteiger partial charge in [0.05, 0.1) is 7.79 Å². The van der Waals surface area contributed by atoms with E-state index in [2.05, 4.69) is 5.32 Å². The number of amides is 1. The van der Waals surface area contributed by atoms with Crippen LogP contribution in [-0.2, 0) is 9.53 Å². The van der Waals surface area contributed by atoms with Crippen molar-refractivity contribution in [3.05, 3.63) is 59.7 Å². The first-order chi connectivity index (χ1) is 12.0. The van der Waals surface area contributed by atoms with E-state index in [1.807, 2.05) is 48.5 Å². The van der Waals surface area contributed by atoms with Crippen LogP contribution in [0, 0.1) is 0 Å². The molecule has 5 heteroatoms. The SMILES string of the molecule is [2H]C(OC(=O)NC(C)CC(=O)O)C1c2ccccc2-c2ccccc21. The number of hydrogen-bond donors (Lipinski definition) is 2. The number of rotatable bonds is 5. The van der Waals surface area contributed by atoms with Gasteiger partial charge in [0, 0.05) is 12.0 Å². The largest absolute Gasteiger partial charge is 0.481 e. The van der Waals surface area contributed by atoms with Crippen LogP contribution >= 0.6 is 0 Å². The average Bonchev–Trinajstić information content (AvgIpc) is 2.88. The summed E-state index contributed by atoms with van der Waals surface area (Å²) in [5.41, 5.74) is 4.00. The zero-order chi connectivity index (χ0) is 18.0. The van der Waals surface area contributed by atoms with Crippen molar-refractivity contribution in [2.75, 3.05) is 6.58 Å². The third kappa shape index (κ3) is 3.25. The van der Waals surface area contributed by atoms with Crippen LogP contribution in [0.1, 0.15) is 31.8 Å². The Labute approximate surface area is 141 Å². The lowest BCUT2D eigenvalue weighted by atomic mass is 9.98. The van der Waals surface area contributed by atoms with Crippen LogP contribution in [0.15, 0.2) is 48.5 Å². The molecule has 2 aromatic rings. The van der Waals surface area contributed by atoms with Crippen LogP contribution in [0.3, 0.4) is 0 Å². The van der Waals surface area contributed by atoms with Gasteiger partial charge in [0.25, 0.3) is 0 Å². The predicted octanol–water partition coefficient (Wildman–Crippen LogP) is 3.39. The Balaban J connectivity index is 1.77. The molecule has 2 unspecified atom stereocenters. The Kier molecular flexibility index (Phi) is 4.14. The molecular weight excluding hydrogens is 306 g/mol. The van der Waals surface area contributed by atoms with Gasteiger partial charge in [-0.1, -0.05) is 48.5 Å². The number of carboxylic acids is 1. The zero-order valence-corrected chi connectivity index (χ0v) is 13.2. The van der Waals surface area contributed by atoms with Crippen LogP contribution in [0.4, 0.5) is 4.79 Å². The smallest absolute Gasteiger partial charge is 0.407 e. The number of carbonyl (C=O) groups is 2.